The average Bonchev–Trinajstić information content (AvgIpc) is 2.31. The van der Waals surface area contributed by atoms with Crippen LogP contribution in [-0.4, -0.2) is 6.19 Å². The fraction of sp³-hybridized carbons (Fsp3) is 0. The van der Waals surface area contributed by atoms with Gasteiger partial charge in [-0.3, -0.25) is 0 Å². The van der Waals surface area contributed by atoms with Crippen LogP contribution in [0, 0.1) is 0 Å². The molecule has 0 saturated heterocycles. The fourth-order valence-electron chi connectivity index (χ4n) is 1.59. The maximum atomic E-state index is 6.29. The first-order valence-corrected chi connectivity index (χ1v) is 13.1. The zero-order valence-corrected chi connectivity index (χ0v) is 12.6. The van der Waals surface area contributed by atoms with Crippen LogP contribution in [-0.2, 0) is 14.5 Å². The molecule has 80 valence electrons. The van der Waals surface area contributed by atoms with Crippen LogP contribution in [0.4, 0.5) is 0 Å². The van der Waals surface area contributed by atoms with Crippen LogP contribution >= 0.6 is 18.6 Å². The Balaban J connectivity index is 2.54. The van der Waals surface area contributed by atoms with E-state index in [-0.39, 0.29) is 0 Å². The van der Waals surface area contributed by atoms with E-state index in [0.29, 0.717) is 0 Å². The van der Waals surface area contributed by atoms with Crippen LogP contribution in [0.1, 0.15) is 0 Å². The molecule has 0 bridgehead atoms. The third kappa shape index (κ3) is 3.00. The Hall–Kier alpha value is -0.0488. The molecule has 0 unspecified atom stereocenters. The molecule has 0 heterocycles. The average molecular weight is 301 g/mol. The first-order valence-electron chi connectivity index (χ1n) is 4.95. The summed E-state index contributed by atoms with van der Waals surface area (Å²) in [6.45, 7) is 0. The van der Waals surface area contributed by atoms with E-state index in [1.54, 1.807) is 0 Å². The Kier molecular flexibility index (Phi) is 4.68. The molecule has 0 atom stereocenters. The van der Waals surface area contributed by atoms with Crippen molar-refractivity contribution in [2.24, 2.45) is 0 Å². The first-order chi connectivity index (χ1) is 7.79. The third-order valence-corrected chi connectivity index (χ3v) is 13.7. The number of hydrogen-bond donors (Lipinski definition) is 0. The van der Waals surface area contributed by atoms with Gasteiger partial charge in [-0.15, -0.1) is 0 Å². The second-order valence-electron chi connectivity index (χ2n) is 3.37. The number of halogens is 2. The molecular weight excluding hydrogens is 291 g/mol. The quantitative estimate of drug-likeness (QED) is 0.748. The second kappa shape index (κ2) is 6.04. The summed E-state index contributed by atoms with van der Waals surface area (Å²) in [4.78, 5) is 0. The molecule has 0 saturated carbocycles. The summed E-state index contributed by atoms with van der Waals surface area (Å²) >= 11 is -1.96. The molecule has 0 amide bonds. The van der Waals surface area contributed by atoms with Crippen molar-refractivity contribution in [2.75, 3.05) is 0 Å². The van der Waals surface area contributed by atoms with E-state index in [2.05, 4.69) is 48.5 Å². The molecule has 4 heteroatoms. The van der Waals surface area contributed by atoms with Gasteiger partial charge in [0, 0.05) is 0 Å². The van der Waals surface area contributed by atoms with Gasteiger partial charge in [0.2, 0.25) is 0 Å². The summed E-state index contributed by atoms with van der Waals surface area (Å²) in [5.74, 6) is 0. The fourth-order valence-corrected chi connectivity index (χ4v) is 12.4. The molecule has 2 aromatic carbocycles. The molecule has 0 aromatic heterocycles. The third-order valence-electron chi connectivity index (χ3n) is 2.31. The van der Waals surface area contributed by atoms with Gasteiger partial charge >= 0.3 is 110 Å². The zero-order chi connectivity index (χ0) is 11.4. The van der Waals surface area contributed by atoms with Gasteiger partial charge < -0.3 is 0 Å². The van der Waals surface area contributed by atoms with E-state index in [9.17, 15) is 0 Å². The topological polar surface area (TPSA) is 0 Å². The van der Waals surface area contributed by atoms with Crippen molar-refractivity contribution in [3.05, 3.63) is 60.7 Å². The number of rotatable bonds is 2. The van der Waals surface area contributed by atoms with Crippen molar-refractivity contribution in [1.82, 2.24) is 0 Å². The van der Waals surface area contributed by atoms with E-state index < -0.39 is 20.7 Å². The van der Waals surface area contributed by atoms with Crippen LogP contribution in [0.3, 0.4) is 0 Å². The van der Waals surface area contributed by atoms with Crippen molar-refractivity contribution in [3.8, 4) is 0 Å². The summed E-state index contributed by atoms with van der Waals surface area (Å²) in [6.07, 6.45) is -0.919. The van der Waals surface area contributed by atoms with Gasteiger partial charge in [0.25, 0.3) is 0 Å². The molecule has 0 radical (unpaired) electrons. The van der Waals surface area contributed by atoms with Gasteiger partial charge in [0.1, 0.15) is 0 Å². The molecule has 0 N–H and O–H groups in total. The Morgan fingerprint density at radius 2 is 1.06 bits per heavy atom. The van der Waals surface area contributed by atoms with E-state index in [0.717, 1.165) is 0 Å². The second-order valence-corrected chi connectivity index (χ2v) is 17.0. The summed E-state index contributed by atoms with van der Waals surface area (Å²) in [5.41, 5.74) is 0. The molecule has 0 fully saturated rings. The zero-order valence-electron chi connectivity index (χ0n) is 8.53. The van der Waals surface area contributed by atoms with E-state index in [4.69, 9.17) is 18.6 Å². The monoisotopic (exact) mass is 300 g/mol. The van der Waals surface area contributed by atoms with Crippen LogP contribution in [0.2, 0.25) is 0 Å². The van der Waals surface area contributed by atoms with Crippen LogP contribution < -0.4 is 10.4 Å². The van der Waals surface area contributed by atoms with Crippen molar-refractivity contribution >= 4 is 35.2 Å². The molecule has 0 nitrogen and oxygen atoms in total. The number of hydrogen-bond acceptors (Lipinski definition) is 0. The molecule has 2 aromatic rings. The van der Waals surface area contributed by atoms with Crippen LogP contribution in [0.25, 0.3) is 0 Å². The van der Waals surface area contributed by atoms with E-state index in [1.165, 1.54) is 10.4 Å². The molecule has 0 aliphatic heterocycles. The summed E-state index contributed by atoms with van der Waals surface area (Å²) in [7, 11) is 12.6. The van der Waals surface area contributed by atoms with Gasteiger partial charge in [-0.2, -0.15) is 0 Å². The molecule has 0 aliphatic carbocycles. The molecule has 2 rings (SSSR count). The van der Waals surface area contributed by atoms with Gasteiger partial charge in [-0.05, 0) is 0 Å². The minimum atomic E-state index is -1.96. The molecule has 16 heavy (non-hydrogen) atoms. The molecule has 0 aliphatic rings. The van der Waals surface area contributed by atoms with Gasteiger partial charge in [0.15, 0.2) is 0 Å². The predicted octanol–water partition coefficient (Wildman–Crippen LogP) is 2.72. The van der Waals surface area contributed by atoms with Crippen molar-refractivity contribution in [1.29, 1.82) is 0 Å². The minimum absolute atomic E-state index is 0.919. The normalized spacial score (nSPS) is 9.88. The van der Waals surface area contributed by atoms with Crippen molar-refractivity contribution in [3.63, 3.8) is 0 Å². The molecule has 0 spiro atoms. The first kappa shape index (κ1) is 12.4. The summed E-state index contributed by atoms with van der Waals surface area (Å²) in [6, 6.07) is 20.8. The van der Waals surface area contributed by atoms with Gasteiger partial charge in [-0.25, -0.2) is 0 Å². The summed E-state index contributed by atoms with van der Waals surface area (Å²) in [5, 5.41) is 2.64. The van der Waals surface area contributed by atoms with E-state index in [1.807, 2.05) is 12.1 Å². The maximum absolute atomic E-state index is 6.29. The molecular formula is C12H10Cl2SiTi. The standard InChI is InChI=1S/C12H10Si.2ClH.Ti/c1-3-7-11(8-4-1)13-12-9-5-2-6-10-12;;;/h1-10H;2*1H;/q;;;+2/p-2. The van der Waals surface area contributed by atoms with E-state index >= 15 is 0 Å². The van der Waals surface area contributed by atoms with Crippen LogP contribution in [0.15, 0.2) is 60.7 Å². The summed E-state index contributed by atoms with van der Waals surface area (Å²) < 4.78 is 0. The Morgan fingerprint density at radius 3 is 1.38 bits per heavy atom. The van der Waals surface area contributed by atoms with Crippen LogP contribution in [0.5, 0.6) is 0 Å². The SMILES string of the molecule is [Cl][Ti]([Cl])=[Si](c1ccccc1)c1ccccc1. The predicted molar refractivity (Wildman–Crippen MR) is 69.6 cm³/mol. The Labute approximate surface area is 110 Å². The number of benzene rings is 2. The Morgan fingerprint density at radius 1 is 0.688 bits per heavy atom. The van der Waals surface area contributed by atoms with Gasteiger partial charge in [-0.1, -0.05) is 0 Å². The Bertz CT molecular complexity index is 451. The van der Waals surface area contributed by atoms with Gasteiger partial charge in [0.05, 0.1) is 0 Å². The van der Waals surface area contributed by atoms with Crippen molar-refractivity contribution in [2.45, 2.75) is 0 Å². The van der Waals surface area contributed by atoms with Crippen molar-refractivity contribution < 1.29 is 14.5 Å².